The Balaban J connectivity index is 1.34. The number of thioether (sulfide) groups is 1. The lowest BCUT2D eigenvalue weighted by Crippen LogP contribution is -2.48. The van der Waals surface area contributed by atoms with Crippen molar-refractivity contribution in [1.82, 2.24) is 5.32 Å². The number of hydrogen-bond donors (Lipinski definition) is 1. The topological polar surface area (TPSA) is 55.4 Å². The first-order valence-corrected chi connectivity index (χ1v) is 13.8. The second kappa shape index (κ2) is 8.24. The maximum Gasteiger partial charge on any atom is 0.290 e. The van der Waals surface area contributed by atoms with Gasteiger partial charge in [-0.25, -0.2) is 0 Å². The highest BCUT2D eigenvalue weighted by molar-refractivity contribution is 8.18. The molecule has 4 aliphatic carbocycles. The van der Waals surface area contributed by atoms with Crippen LogP contribution in [0.15, 0.2) is 59.5 Å². The number of imide groups is 1. The molecule has 5 fully saturated rings. The number of ether oxygens (including phenoxy) is 1. The number of methoxy groups -OCH3 is 1. The fourth-order valence-electron chi connectivity index (χ4n) is 8.00. The average Bonchev–Trinajstić information content (AvgIpc) is 3.19. The van der Waals surface area contributed by atoms with Crippen LogP contribution in [-0.4, -0.2) is 18.3 Å². The van der Waals surface area contributed by atoms with Gasteiger partial charge in [0.05, 0.1) is 12.0 Å². The first-order valence-electron chi connectivity index (χ1n) is 13.0. The molecule has 0 aromatic heterocycles. The third-order valence-corrected chi connectivity index (χ3v) is 9.82. The predicted molar refractivity (Wildman–Crippen MR) is 145 cm³/mol. The summed E-state index contributed by atoms with van der Waals surface area (Å²) in [6, 6.07) is 19.3. The van der Waals surface area contributed by atoms with E-state index in [0.717, 1.165) is 51.6 Å². The van der Waals surface area contributed by atoms with Crippen molar-refractivity contribution in [3.63, 3.8) is 0 Å². The van der Waals surface area contributed by atoms with Gasteiger partial charge in [-0.1, -0.05) is 42.5 Å². The van der Waals surface area contributed by atoms with Crippen molar-refractivity contribution >= 4 is 39.8 Å². The van der Waals surface area contributed by atoms with Gasteiger partial charge >= 0.3 is 0 Å². The minimum atomic E-state index is -0.325. The monoisotopic (exact) mass is 495 g/mol. The Morgan fingerprint density at radius 1 is 0.917 bits per heavy atom. The second-order valence-electron chi connectivity index (χ2n) is 11.2. The molecule has 0 spiro atoms. The van der Waals surface area contributed by atoms with Gasteiger partial charge in [0.15, 0.2) is 0 Å². The van der Waals surface area contributed by atoms with E-state index in [2.05, 4.69) is 47.8 Å². The lowest BCUT2D eigenvalue weighted by molar-refractivity contribution is -0.115. The molecule has 1 heterocycles. The Morgan fingerprint density at radius 2 is 1.61 bits per heavy atom. The van der Waals surface area contributed by atoms with Crippen LogP contribution in [0.1, 0.15) is 49.7 Å². The molecule has 1 aliphatic heterocycles. The Hall–Kier alpha value is -3.05. The highest BCUT2D eigenvalue weighted by atomic mass is 32.2. The Kier molecular flexibility index (Phi) is 5.07. The minimum absolute atomic E-state index is 0.246. The first kappa shape index (κ1) is 22.2. The summed E-state index contributed by atoms with van der Waals surface area (Å²) in [5.74, 6) is 3.31. The number of carbonyl (C=O) groups excluding carboxylic acids is 2. The summed E-state index contributed by atoms with van der Waals surface area (Å²) in [6.45, 7) is 0. The summed E-state index contributed by atoms with van der Waals surface area (Å²) < 4.78 is 5.95. The molecule has 4 saturated carbocycles. The second-order valence-corrected chi connectivity index (χ2v) is 12.2. The van der Waals surface area contributed by atoms with E-state index in [-0.39, 0.29) is 16.6 Å². The van der Waals surface area contributed by atoms with E-state index in [1.807, 2.05) is 18.2 Å². The molecule has 3 aromatic rings. The molecule has 2 amide bonds. The van der Waals surface area contributed by atoms with Crippen LogP contribution in [0.25, 0.3) is 28.0 Å². The first-order chi connectivity index (χ1) is 17.5. The molecular weight excluding hydrogens is 466 g/mol. The maximum absolute atomic E-state index is 12.1. The fraction of sp³-hybridized carbons (Fsp3) is 0.355. The van der Waals surface area contributed by atoms with Gasteiger partial charge in [-0.3, -0.25) is 14.9 Å². The summed E-state index contributed by atoms with van der Waals surface area (Å²) in [4.78, 5) is 24.2. The van der Waals surface area contributed by atoms with Gasteiger partial charge in [0, 0.05) is 5.56 Å². The largest absolute Gasteiger partial charge is 0.496 e. The highest BCUT2D eigenvalue weighted by Gasteiger charge is 2.52. The molecule has 8 rings (SSSR count). The number of amides is 2. The van der Waals surface area contributed by atoms with E-state index in [1.54, 1.807) is 7.11 Å². The number of hydrogen-bond acceptors (Lipinski definition) is 4. The lowest BCUT2D eigenvalue weighted by Gasteiger charge is -2.57. The summed E-state index contributed by atoms with van der Waals surface area (Å²) in [7, 11) is 1.80. The van der Waals surface area contributed by atoms with E-state index < -0.39 is 0 Å². The highest BCUT2D eigenvalue weighted by Crippen LogP contribution is 2.62. The normalized spacial score (nSPS) is 29.8. The van der Waals surface area contributed by atoms with Gasteiger partial charge < -0.3 is 4.74 Å². The summed E-state index contributed by atoms with van der Waals surface area (Å²) in [5, 5.41) is 4.25. The van der Waals surface area contributed by atoms with Gasteiger partial charge in [-0.05, 0) is 119 Å². The zero-order chi connectivity index (χ0) is 24.4. The van der Waals surface area contributed by atoms with Gasteiger partial charge in [-0.2, -0.15) is 0 Å². The van der Waals surface area contributed by atoms with Crippen LogP contribution < -0.4 is 10.1 Å². The number of fused-ring (bicyclic) bond motifs is 1. The standard InChI is InChI=1S/C31H29NO3S/c1-35-27-9-8-22(13-26(27)31-15-18-10-19(16-31)12-20(11-18)17-31)24-6-3-5-23-21(4-2-7-25(23)24)14-28-29(33)32-30(34)36-28/h2-9,13-14,18-20H,10-12,15-17H2,1H3,(H,32,33,34)/b28-14-. The molecule has 182 valence electrons. The molecule has 0 atom stereocenters. The van der Waals surface area contributed by atoms with Crippen molar-refractivity contribution in [1.29, 1.82) is 0 Å². The molecule has 4 nitrogen and oxygen atoms in total. The molecule has 3 aromatic carbocycles. The third kappa shape index (κ3) is 3.51. The lowest BCUT2D eigenvalue weighted by atomic mass is 9.48. The van der Waals surface area contributed by atoms with Crippen LogP contribution in [0.2, 0.25) is 0 Å². The van der Waals surface area contributed by atoms with Crippen LogP contribution in [0.5, 0.6) is 5.75 Å². The number of carbonyl (C=O) groups is 2. The number of rotatable bonds is 4. The van der Waals surface area contributed by atoms with Crippen LogP contribution in [0.3, 0.4) is 0 Å². The van der Waals surface area contributed by atoms with Gasteiger partial charge in [-0.15, -0.1) is 0 Å². The van der Waals surface area contributed by atoms with Gasteiger partial charge in [0.1, 0.15) is 5.75 Å². The molecule has 0 unspecified atom stereocenters. The minimum Gasteiger partial charge on any atom is -0.496 e. The van der Waals surface area contributed by atoms with E-state index in [4.69, 9.17) is 4.74 Å². The molecule has 5 aliphatic rings. The molecule has 1 saturated heterocycles. The fourth-order valence-corrected chi connectivity index (χ4v) is 8.68. The zero-order valence-corrected chi connectivity index (χ0v) is 21.2. The SMILES string of the molecule is COc1ccc(-c2cccc3c(/C=C4\SC(=O)NC4=O)cccc23)cc1C12CC3CC(CC(C3)C1)C2. The Labute approximate surface area is 215 Å². The van der Waals surface area contributed by atoms with Crippen LogP contribution in [0, 0.1) is 17.8 Å². The predicted octanol–water partition coefficient (Wildman–Crippen LogP) is 7.31. The maximum atomic E-state index is 12.1. The van der Waals surface area contributed by atoms with E-state index >= 15 is 0 Å². The summed E-state index contributed by atoms with van der Waals surface area (Å²) in [5.41, 5.74) is 4.97. The molecule has 0 radical (unpaired) electrons. The van der Waals surface area contributed by atoms with Crippen molar-refractivity contribution in [3.8, 4) is 16.9 Å². The number of nitrogens with one attached hydrogen (secondary N) is 1. The molecule has 36 heavy (non-hydrogen) atoms. The van der Waals surface area contributed by atoms with Crippen LogP contribution in [0.4, 0.5) is 4.79 Å². The van der Waals surface area contributed by atoms with Crippen LogP contribution >= 0.6 is 11.8 Å². The quantitative estimate of drug-likeness (QED) is 0.386. The van der Waals surface area contributed by atoms with E-state index in [0.29, 0.717) is 4.91 Å². The summed E-state index contributed by atoms with van der Waals surface area (Å²) >= 11 is 0.958. The van der Waals surface area contributed by atoms with Crippen molar-refractivity contribution in [3.05, 3.63) is 70.6 Å². The van der Waals surface area contributed by atoms with Gasteiger partial charge in [0.2, 0.25) is 0 Å². The molecular formula is C31H29NO3S. The molecule has 5 heteroatoms. The smallest absolute Gasteiger partial charge is 0.290 e. The van der Waals surface area contributed by atoms with Crippen LogP contribution in [-0.2, 0) is 10.2 Å². The Morgan fingerprint density at radius 3 is 2.28 bits per heavy atom. The number of benzene rings is 3. The van der Waals surface area contributed by atoms with Crippen molar-refractivity contribution in [2.45, 2.75) is 43.9 Å². The molecule has 4 bridgehead atoms. The van der Waals surface area contributed by atoms with E-state index in [9.17, 15) is 9.59 Å². The zero-order valence-electron chi connectivity index (χ0n) is 20.4. The Bertz CT molecular complexity index is 1420. The van der Waals surface area contributed by atoms with Crippen molar-refractivity contribution in [2.24, 2.45) is 17.8 Å². The van der Waals surface area contributed by atoms with Gasteiger partial charge in [0.25, 0.3) is 11.1 Å². The van der Waals surface area contributed by atoms with Crippen molar-refractivity contribution in [2.75, 3.05) is 7.11 Å². The molecule has 1 N–H and O–H groups in total. The summed E-state index contributed by atoms with van der Waals surface area (Å²) in [6.07, 6.45) is 9.98. The average molecular weight is 496 g/mol. The van der Waals surface area contributed by atoms with E-state index in [1.165, 1.54) is 55.2 Å². The van der Waals surface area contributed by atoms with Crippen molar-refractivity contribution < 1.29 is 14.3 Å². The third-order valence-electron chi connectivity index (χ3n) is 9.00.